The topological polar surface area (TPSA) is 69.7 Å². The number of halogens is 1. The summed E-state index contributed by atoms with van der Waals surface area (Å²) in [4.78, 5) is 14.8. The second-order valence-corrected chi connectivity index (χ2v) is 9.57. The zero-order valence-corrected chi connectivity index (χ0v) is 19.5. The van der Waals surface area contributed by atoms with Gasteiger partial charge in [0.1, 0.15) is 4.90 Å². The number of carbonyl (C=O) groups excluding carboxylic acids is 1. The molecule has 0 spiro atoms. The Morgan fingerprint density at radius 3 is 2.27 bits per heavy atom. The number of hydrogen-bond acceptors (Lipinski definition) is 4. The van der Waals surface area contributed by atoms with Crippen LogP contribution in [0.3, 0.4) is 0 Å². The first-order valence-corrected chi connectivity index (χ1v) is 11.8. The zero-order chi connectivity index (χ0) is 22.3. The van der Waals surface area contributed by atoms with Gasteiger partial charge < -0.3 is 10.2 Å². The third kappa shape index (κ3) is 6.04. The van der Waals surface area contributed by atoms with Crippen molar-refractivity contribution in [3.05, 3.63) is 64.7 Å². The van der Waals surface area contributed by atoms with Gasteiger partial charge in [0, 0.05) is 31.2 Å². The highest BCUT2D eigenvalue weighted by atomic mass is 35.5. The molecule has 0 unspecified atom stereocenters. The highest BCUT2D eigenvalue weighted by molar-refractivity contribution is 7.89. The number of carbonyl (C=O) groups is 1. The van der Waals surface area contributed by atoms with Crippen molar-refractivity contribution in [2.45, 2.75) is 31.2 Å². The molecule has 2 aromatic rings. The van der Waals surface area contributed by atoms with Gasteiger partial charge in [-0.3, -0.25) is 4.79 Å². The van der Waals surface area contributed by atoms with Crippen LogP contribution in [0.5, 0.6) is 0 Å². The molecule has 0 aliphatic rings. The molecule has 1 amide bonds. The Morgan fingerprint density at radius 1 is 1.07 bits per heavy atom. The number of rotatable bonds is 10. The van der Waals surface area contributed by atoms with Crippen molar-refractivity contribution in [3.8, 4) is 0 Å². The van der Waals surface area contributed by atoms with Crippen molar-refractivity contribution < 1.29 is 13.2 Å². The second-order valence-electron chi connectivity index (χ2n) is 7.25. The van der Waals surface area contributed by atoms with E-state index in [0.717, 1.165) is 6.42 Å². The van der Waals surface area contributed by atoms with E-state index < -0.39 is 10.0 Å². The first-order valence-electron chi connectivity index (χ1n) is 9.98. The van der Waals surface area contributed by atoms with Gasteiger partial charge in [-0.1, -0.05) is 55.8 Å². The average Bonchev–Trinajstić information content (AvgIpc) is 2.72. The van der Waals surface area contributed by atoms with Crippen LogP contribution in [0.1, 0.15) is 29.8 Å². The van der Waals surface area contributed by atoms with Gasteiger partial charge in [0.15, 0.2) is 0 Å². The Bertz CT molecular complexity index is 945. The van der Waals surface area contributed by atoms with E-state index >= 15 is 0 Å². The number of sulfonamides is 1. The van der Waals surface area contributed by atoms with Crippen LogP contribution < -0.4 is 5.32 Å². The van der Waals surface area contributed by atoms with Crippen LogP contribution in [0.4, 0.5) is 0 Å². The van der Waals surface area contributed by atoms with E-state index in [1.807, 2.05) is 32.3 Å². The Morgan fingerprint density at radius 2 is 1.70 bits per heavy atom. The molecule has 6 nitrogen and oxygen atoms in total. The Hall–Kier alpha value is -1.93. The first-order chi connectivity index (χ1) is 14.2. The fourth-order valence-electron chi connectivity index (χ4n) is 3.18. The molecule has 0 saturated heterocycles. The monoisotopic (exact) mass is 451 g/mol. The van der Waals surface area contributed by atoms with Gasteiger partial charge in [0.05, 0.1) is 5.02 Å². The van der Waals surface area contributed by atoms with Crippen molar-refractivity contribution >= 4 is 27.5 Å². The van der Waals surface area contributed by atoms with Crippen molar-refractivity contribution in [2.75, 3.05) is 33.7 Å². The number of likely N-dealkylation sites (N-methyl/N-ethyl adjacent to an activating group) is 1. The largest absolute Gasteiger partial charge is 0.350 e. The lowest BCUT2D eigenvalue weighted by Crippen LogP contribution is -2.41. The Labute approximate surface area is 184 Å². The highest BCUT2D eigenvalue weighted by Crippen LogP contribution is 2.26. The molecule has 1 N–H and O–H groups in total. The summed E-state index contributed by atoms with van der Waals surface area (Å²) in [6, 6.07) is 14.5. The van der Waals surface area contributed by atoms with Crippen LogP contribution >= 0.6 is 11.6 Å². The second kappa shape index (κ2) is 10.9. The minimum absolute atomic E-state index is 0.0473. The summed E-state index contributed by atoms with van der Waals surface area (Å²) in [5.41, 5.74) is 1.45. The number of benzene rings is 2. The van der Waals surface area contributed by atoms with Crippen molar-refractivity contribution in [2.24, 2.45) is 0 Å². The summed E-state index contributed by atoms with van der Waals surface area (Å²) in [7, 11) is 0.178. The molecule has 0 bridgehead atoms. The smallest absolute Gasteiger partial charge is 0.251 e. The van der Waals surface area contributed by atoms with Crippen LogP contribution in [0.25, 0.3) is 0 Å². The molecule has 0 heterocycles. The van der Waals surface area contributed by atoms with E-state index in [2.05, 4.69) is 22.3 Å². The Kier molecular flexibility index (Phi) is 8.85. The lowest BCUT2D eigenvalue weighted by Gasteiger charge is -2.25. The molecule has 0 aromatic heterocycles. The van der Waals surface area contributed by atoms with Crippen molar-refractivity contribution in [1.82, 2.24) is 14.5 Å². The average molecular weight is 452 g/mol. The maximum Gasteiger partial charge on any atom is 0.251 e. The minimum atomic E-state index is -3.76. The quantitative estimate of drug-likeness (QED) is 0.601. The summed E-state index contributed by atoms with van der Waals surface area (Å²) in [5.74, 6) is -0.331. The maximum absolute atomic E-state index is 12.9. The molecular formula is C22H30ClN3O3S. The van der Waals surface area contributed by atoms with Crippen LogP contribution in [-0.2, 0) is 16.4 Å². The van der Waals surface area contributed by atoms with Gasteiger partial charge in [0.25, 0.3) is 5.91 Å². The van der Waals surface area contributed by atoms with Gasteiger partial charge in [-0.2, -0.15) is 4.31 Å². The number of nitrogens with zero attached hydrogens (tertiary/aromatic N) is 2. The summed E-state index contributed by atoms with van der Waals surface area (Å²) < 4.78 is 27.0. The molecule has 1 atom stereocenters. The standard InChI is InChI=1S/C22H30ClN3O3S/c1-5-26(6-2)30(28,29)21-15-18(12-13-20(21)23)22(27)24-16-19(25(3)4)14-17-10-8-7-9-11-17/h7-13,15,19H,5-6,14,16H2,1-4H3,(H,24,27)/t19-/m0/s1. The maximum atomic E-state index is 12.9. The van der Waals surface area contributed by atoms with E-state index in [1.165, 1.54) is 22.0 Å². The fourth-order valence-corrected chi connectivity index (χ4v) is 5.14. The summed E-state index contributed by atoms with van der Waals surface area (Å²) in [6.07, 6.45) is 0.788. The predicted octanol–water partition coefficient (Wildman–Crippen LogP) is 3.27. The van der Waals surface area contributed by atoms with Crippen LogP contribution in [0.15, 0.2) is 53.4 Å². The van der Waals surface area contributed by atoms with Gasteiger partial charge in [-0.05, 0) is 44.3 Å². The zero-order valence-electron chi connectivity index (χ0n) is 17.9. The van der Waals surface area contributed by atoms with Gasteiger partial charge in [-0.25, -0.2) is 8.42 Å². The summed E-state index contributed by atoms with van der Waals surface area (Å²) in [6.45, 7) is 4.62. The first kappa shape index (κ1) is 24.3. The van der Waals surface area contributed by atoms with E-state index in [4.69, 9.17) is 11.6 Å². The number of amides is 1. The summed E-state index contributed by atoms with van der Waals surface area (Å²) >= 11 is 6.16. The van der Waals surface area contributed by atoms with Crippen molar-refractivity contribution in [3.63, 3.8) is 0 Å². The predicted molar refractivity (Wildman–Crippen MR) is 122 cm³/mol. The van der Waals surface area contributed by atoms with Crippen molar-refractivity contribution in [1.29, 1.82) is 0 Å². The van der Waals surface area contributed by atoms with Crippen LogP contribution in [-0.4, -0.2) is 63.3 Å². The number of nitrogens with one attached hydrogen (secondary N) is 1. The third-order valence-electron chi connectivity index (χ3n) is 5.06. The van der Waals surface area contributed by atoms with Crippen LogP contribution in [0.2, 0.25) is 5.02 Å². The van der Waals surface area contributed by atoms with E-state index in [1.54, 1.807) is 19.9 Å². The molecule has 8 heteroatoms. The molecule has 0 aliphatic carbocycles. The van der Waals surface area contributed by atoms with Gasteiger partial charge >= 0.3 is 0 Å². The lowest BCUT2D eigenvalue weighted by molar-refractivity contribution is 0.0941. The van der Waals surface area contributed by atoms with Gasteiger partial charge in [-0.15, -0.1) is 0 Å². The SMILES string of the molecule is CCN(CC)S(=O)(=O)c1cc(C(=O)NC[C@H](Cc2ccccc2)N(C)C)ccc1Cl. The lowest BCUT2D eigenvalue weighted by atomic mass is 10.1. The fraction of sp³-hybridized carbons (Fsp3) is 0.409. The minimum Gasteiger partial charge on any atom is -0.350 e. The van der Waals surface area contributed by atoms with E-state index in [-0.39, 0.29) is 27.4 Å². The molecule has 164 valence electrons. The van der Waals surface area contributed by atoms with E-state index in [9.17, 15) is 13.2 Å². The molecule has 2 aromatic carbocycles. The molecule has 30 heavy (non-hydrogen) atoms. The van der Waals surface area contributed by atoms with E-state index in [0.29, 0.717) is 19.6 Å². The molecule has 0 radical (unpaired) electrons. The van der Waals surface area contributed by atoms with Crippen LogP contribution in [0, 0.1) is 0 Å². The highest BCUT2D eigenvalue weighted by Gasteiger charge is 2.25. The number of hydrogen-bond donors (Lipinski definition) is 1. The molecule has 2 rings (SSSR count). The molecule has 0 fully saturated rings. The third-order valence-corrected chi connectivity index (χ3v) is 7.59. The molecular weight excluding hydrogens is 422 g/mol. The molecule has 0 saturated carbocycles. The van der Waals surface area contributed by atoms with Gasteiger partial charge in [0.2, 0.25) is 10.0 Å². The summed E-state index contributed by atoms with van der Waals surface area (Å²) in [5, 5.41) is 3.03. The molecule has 0 aliphatic heterocycles. The normalized spacial score (nSPS) is 12.9. The Balaban J connectivity index is 2.17.